The average Bonchev–Trinajstić information content (AvgIpc) is 2.77. The number of aromatic nitrogens is 2. The minimum atomic E-state index is -0.126. The average molecular weight is 240 g/mol. The smallest absolute Gasteiger partial charge is 0.259 e. The molecule has 0 saturated carbocycles. The highest BCUT2D eigenvalue weighted by molar-refractivity contribution is 5.82. The third-order valence-corrected chi connectivity index (χ3v) is 3.05. The normalized spacial score (nSPS) is 11.0. The second-order valence-corrected chi connectivity index (χ2v) is 4.28. The molecule has 0 aliphatic carbocycles. The predicted molar refractivity (Wildman–Crippen MR) is 69.5 cm³/mol. The van der Waals surface area contributed by atoms with Crippen molar-refractivity contribution in [2.75, 3.05) is 0 Å². The predicted octanol–water partition coefficient (Wildman–Crippen LogP) is 2.80. The zero-order chi connectivity index (χ0) is 12.7. The Bertz CT molecular complexity index is 784. The molecule has 2 aromatic heterocycles. The molecule has 0 fully saturated rings. The highest BCUT2D eigenvalue weighted by Crippen LogP contribution is 2.22. The Balaban J connectivity index is 2.37. The topological polar surface area (TPSA) is 58.9 Å². The zero-order valence-corrected chi connectivity index (χ0v) is 10.2. The first kappa shape index (κ1) is 10.8. The third-order valence-electron chi connectivity index (χ3n) is 3.05. The first-order valence-corrected chi connectivity index (χ1v) is 5.71. The maximum absolute atomic E-state index is 12.0. The van der Waals surface area contributed by atoms with Gasteiger partial charge in [-0.05, 0) is 31.5 Å². The molecule has 0 atom stereocenters. The molecule has 0 bridgehead atoms. The van der Waals surface area contributed by atoms with E-state index in [0.717, 1.165) is 22.4 Å². The van der Waals surface area contributed by atoms with Gasteiger partial charge in [-0.3, -0.25) is 4.79 Å². The Morgan fingerprint density at radius 2 is 2.06 bits per heavy atom. The summed E-state index contributed by atoms with van der Waals surface area (Å²) in [4.78, 5) is 19.3. The Morgan fingerprint density at radius 1 is 1.22 bits per heavy atom. The SMILES string of the molecule is Cc1occc1-c1nc2c(C)cccc2c(=O)[nH]1. The van der Waals surface area contributed by atoms with Crippen LogP contribution in [0.3, 0.4) is 0 Å². The molecular weight excluding hydrogens is 228 g/mol. The van der Waals surface area contributed by atoms with Crippen LogP contribution in [0.25, 0.3) is 22.3 Å². The van der Waals surface area contributed by atoms with E-state index in [1.54, 1.807) is 18.4 Å². The summed E-state index contributed by atoms with van der Waals surface area (Å²) in [5.74, 6) is 1.29. The van der Waals surface area contributed by atoms with Gasteiger partial charge >= 0.3 is 0 Å². The number of fused-ring (bicyclic) bond motifs is 1. The molecule has 0 amide bonds. The number of nitrogens with zero attached hydrogens (tertiary/aromatic N) is 1. The van der Waals surface area contributed by atoms with Crippen LogP contribution in [0.2, 0.25) is 0 Å². The van der Waals surface area contributed by atoms with Gasteiger partial charge < -0.3 is 9.40 Å². The molecule has 0 saturated heterocycles. The lowest BCUT2D eigenvalue weighted by molar-refractivity contribution is 0.535. The molecule has 0 radical (unpaired) electrons. The van der Waals surface area contributed by atoms with Crippen molar-refractivity contribution in [3.63, 3.8) is 0 Å². The van der Waals surface area contributed by atoms with Crippen LogP contribution in [0.4, 0.5) is 0 Å². The van der Waals surface area contributed by atoms with Gasteiger partial charge in [-0.2, -0.15) is 0 Å². The van der Waals surface area contributed by atoms with Gasteiger partial charge in [0.25, 0.3) is 5.56 Å². The van der Waals surface area contributed by atoms with E-state index in [1.807, 2.05) is 26.0 Å². The van der Waals surface area contributed by atoms with Crippen molar-refractivity contribution < 1.29 is 4.42 Å². The third kappa shape index (κ3) is 1.54. The number of aromatic amines is 1. The van der Waals surface area contributed by atoms with Crippen LogP contribution in [0.1, 0.15) is 11.3 Å². The maximum Gasteiger partial charge on any atom is 0.259 e. The first-order chi connectivity index (χ1) is 8.66. The molecule has 1 aromatic carbocycles. The van der Waals surface area contributed by atoms with Crippen LogP contribution >= 0.6 is 0 Å². The lowest BCUT2D eigenvalue weighted by atomic mass is 10.1. The molecule has 0 unspecified atom stereocenters. The number of hydrogen-bond acceptors (Lipinski definition) is 3. The molecule has 2 heterocycles. The Labute approximate surface area is 103 Å². The van der Waals surface area contributed by atoms with Gasteiger partial charge in [0.05, 0.1) is 22.7 Å². The highest BCUT2D eigenvalue weighted by atomic mass is 16.3. The van der Waals surface area contributed by atoms with E-state index in [-0.39, 0.29) is 5.56 Å². The summed E-state index contributed by atoms with van der Waals surface area (Å²) < 4.78 is 5.24. The van der Waals surface area contributed by atoms with E-state index in [2.05, 4.69) is 9.97 Å². The van der Waals surface area contributed by atoms with Gasteiger partial charge in [-0.15, -0.1) is 0 Å². The lowest BCUT2D eigenvalue weighted by Gasteiger charge is -2.04. The summed E-state index contributed by atoms with van der Waals surface area (Å²) in [5, 5.41) is 0.611. The van der Waals surface area contributed by atoms with Gasteiger partial charge in [0.15, 0.2) is 0 Å². The highest BCUT2D eigenvalue weighted by Gasteiger charge is 2.10. The van der Waals surface area contributed by atoms with E-state index in [0.29, 0.717) is 11.2 Å². The number of H-pyrrole nitrogens is 1. The van der Waals surface area contributed by atoms with E-state index < -0.39 is 0 Å². The van der Waals surface area contributed by atoms with Crippen LogP contribution < -0.4 is 5.56 Å². The van der Waals surface area contributed by atoms with E-state index in [1.165, 1.54) is 0 Å². The van der Waals surface area contributed by atoms with E-state index in [9.17, 15) is 4.79 Å². The van der Waals surface area contributed by atoms with Crippen molar-refractivity contribution in [1.82, 2.24) is 9.97 Å². The van der Waals surface area contributed by atoms with Crippen LogP contribution in [0, 0.1) is 13.8 Å². The zero-order valence-electron chi connectivity index (χ0n) is 10.2. The van der Waals surface area contributed by atoms with Gasteiger partial charge in [-0.25, -0.2) is 4.98 Å². The molecule has 4 heteroatoms. The number of para-hydroxylation sites is 1. The quantitative estimate of drug-likeness (QED) is 0.711. The number of furan rings is 1. The summed E-state index contributed by atoms with van der Waals surface area (Å²) in [6.45, 7) is 3.79. The van der Waals surface area contributed by atoms with Gasteiger partial charge in [0.2, 0.25) is 0 Å². The molecule has 1 N–H and O–H groups in total. The number of aryl methyl sites for hydroxylation is 2. The fourth-order valence-electron chi connectivity index (χ4n) is 2.06. The largest absolute Gasteiger partial charge is 0.469 e. The van der Waals surface area contributed by atoms with E-state index >= 15 is 0 Å². The number of rotatable bonds is 1. The minimum Gasteiger partial charge on any atom is -0.469 e. The molecule has 3 rings (SSSR count). The van der Waals surface area contributed by atoms with Crippen LogP contribution in [0.5, 0.6) is 0 Å². The summed E-state index contributed by atoms with van der Waals surface area (Å²) >= 11 is 0. The van der Waals surface area contributed by atoms with Crippen LogP contribution in [-0.4, -0.2) is 9.97 Å². The van der Waals surface area contributed by atoms with E-state index in [4.69, 9.17) is 4.42 Å². The van der Waals surface area contributed by atoms with Crippen LogP contribution in [-0.2, 0) is 0 Å². The summed E-state index contributed by atoms with van der Waals surface area (Å²) in [6, 6.07) is 7.38. The van der Waals surface area contributed by atoms with Crippen LogP contribution in [0.15, 0.2) is 39.7 Å². The lowest BCUT2D eigenvalue weighted by Crippen LogP contribution is -2.10. The maximum atomic E-state index is 12.0. The second kappa shape index (κ2) is 3.84. The molecule has 18 heavy (non-hydrogen) atoms. The number of nitrogens with one attached hydrogen (secondary N) is 1. The molecule has 4 nitrogen and oxygen atoms in total. The van der Waals surface area contributed by atoms with Gasteiger partial charge in [0, 0.05) is 0 Å². The molecule has 0 spiro atoms. The fraction of sp³-hybridized carbons (Fsp3) is 0.143. The molecule has 0 aliphatic rings. The van der Waals surface area contributed by atoms with Crippen molar-refractivity contribution in [3.05, 3.63) is 52.2 Å². The fourth-order valence-corrected chi connectivity index (χ4v) is 2.06. The number of benzene rings is 1. The number of hydrogen-bond donors (Lipinski definition) is 1. The van der Waals surface area contributed by atoms with Gasteiger partial charge in [0.1, 0.15) is 11.6 Å². The summed E-state index contributed by atoms with van der Waals surface area (Å²) in [6.07, 6.45) is 1.59. The Morgan fingerprint density at radius 3 is 2.78 bits per heavy atom. The van der Waals surface area contributed by atoms with Crippen molar-refractivity contribution in [3.8, 4) is 11.4 Å². The standard InChI is InChI=1S/C14H12N2O2/c1-8-4-3-5-11-12(8)15-13(16-14(11)17)10-6-7-18-9(10)2/h3-7H,1-2H3,(H,15,16,17). The van der Waals surface area contributed by atoms with Crippen molar-refractivity contribution in [1.29, 1.82) is 0 Å². The van der Waals surface area contributed by atoms with Crippen molar-refractivity contribution >= 4 is 10.9 Å². The first-order valence-electron chi connectivity index (χ1n) is 5.71. The summed E-state index contributed by atoms with van der Waals surface area (Å²) in [5.41, 5.74) is 2.41. The molecular formula is C14H12N2O2. The minimum absolute atomic E-state index is 0.126. The van der Waals surface area contributed by atoms with Crippen molar-refractivity contribution in [2.24, 2.45) is 0 Å². The van der Waals surface area contributed by atoms with Gasteiger partial charge in [-0.1, -0.05) is 12.1 Å². The Hall–Kier alpha value is -2.36. The summed E-state index contributed by atoms with van der Waals surface area (Å²) in [7, 11) is 0. The monoisotopic (exact) mass is 240 g/mol. The van der Waals surface area contributed by atoms with Crippen molar-refractivity contribution in [2.45, 2.75) is 13.8 Å². The molecule has 90 valence electrons. The second-order valence-electron chi connectivity index (χ2n) is 4.28. The molecule has 3 aromatic rings. The Kier molecular flexibility index (Phi) is 2.30. The molecule has 0 aliphatic heterocycles.